The van der Waals surface area contributed by atoms with Crippen LogP contribution in [0.3, 0.4) is 0 Å². The Balaban J connectivity index is 2.21. The molecule has 6 nitrogen and oxygen atoms in total. The summed E-state index contributed by atoms with van der Waals surface area (Å²) in [5.74, 6) is -1.46. The van der Waals surface area contributed by atoms with Crippen LogP contribution < -0.4 is 10.6 Å². The largest absolute Gasteiger partial charge is 0.481 e. The van der Waals surface area contributed by atoms with Crippen LogP contribution in [0.2, 0.25) is 0 Å². The molecule has 110 valence electrons. The molecular weight excluding hydrogens is 248 g/mol. The molecule has 0 aromatic carbocycles. The van der Waals surface area contributed by atoms with Crippen LogP contribution in [0.4, 0.5) is 4.79 Å². The maximum atomic E-state index is 11.6. The monoisotopic (exact) mass is 272 g/mol. The summed E-state index contributed by atoms with van der Waals surface area (Å²) in [5, 5.41) is 14.3. The Morgan fingerprint density at radius 1 is 1.32 bits per heavy atom. The van der Waals surface area contributed by atoms with E-state index in [2.05, 4.69) is 10.6 Å². The number of urea groups is 1. The van der Waals surface area contributed by atoms with Crippen LogP contribution in [0, 0.1) is 11.8 Å². The van der Waals surface area contributed by atoms with Gasteiger partial charge in [-0.2, -0.15) is 0 Å². The third-order valence-electron chi connectivity index (χ3n) is 3.37. The normalized spacial score (nSPS) is 20.9. The Labute approximate surface area is 113 Å². The van der Waals surface area contributed by atoms with Crippen LogP contribution in [-0.2, 0) is 9.53 Å². The first-order valence-corrected chi connectivity index (χ1v) is 6.86. The summed E-state index contributed by atoms with van der Waals surface area (Å²) in [4.78, 5) is 22.5. The van der Waals surface area contributed by atoms with Gasteiger partial charge in [-0.25, -0.2) is 4.79 Å². The molecular formula is C13H24N2O4. The van der Waals surface area contributed by atoms with Gasteiger partial charge in [0.25, 0.3) is 0 Å². The molecule has 3 N–H and O–H groups in total. The van der Waals surface area contributed by atoms with Crippen molar-refractivity contribution < 1.29 is 19.4 Å². The zero-order valence-electron chi connectivity index (χ0n) is 11.6. The van der Waals surface area contributed by atoms with Crippen molar-refractivity contribution in [3.8, 4) is 0 Å². The van der Waals surface area contributed by atoms with Crippen LogP contribution in [0.1, 0.15) is 33.1 Å². The molecule has 0 aliphatic carbocycles. The molecule has 1 aliphatic heterocycles. The highest BCUT2D eigenvalue weighted by atomic mass is 16.5. The fourth-order valence-corrected chi connectivity index (χ4v) is 2.05. The van der Waals surface area contributed by atoms with E-state index in [9.17, 15) is 9.59 Å². The lowest BCUT2D eigenvalue weighted by molar-refractivity contribution is -0.142. The number of aliphatic carboxylic acids is 1. The Hall–Kier alpha value is -1.30. The van der Waals surface area contributed by atoms with Gasteiger partial charge in [-0.1, -0.05) is 13.8 Å². The molecule has 2 unspecified atom stereocenters. The van der Waals surface area contributed by atoms with E-state index in [0.717, 1.165) is 25.9 Å². The second kappa shape index (κ2) is 7.99. The number of hydrogen-bond donors (Lipinski definition) is 3. The Morgan fingerprint density at radius 2 is 2.05 bits per heavy atom. The lowest BCUT2D eigenvalue weighted by Gasteiger charge is -2.23. The molecule has 0 bridgehead atoms. The average molecular weight is 272 g/mol. The number of ether oxygens (including phenoxy) is 1. The summed E-state index contributed by atoms with van der Waals surface area (Å²) in [5.41, 5.74) is 0. The van der Waals surface area contributed by atoms with Crippen molar-refractivity contribution in [2.45, 2.75) is 39.2 Å². The van der Waals surface area contributed by atoms with Crippen molar-refractivity contribution in [2.75, 3.05) is 19.7 Å². The number of hydrogen-bond acceptors (Lipinski definition) is 3. The number of carbonyl (C=O) groups is 2. The number of amides is 2. The van der Waals surface area contributed by atoms with Crippen molar-refractivity contribution >= 4 is 12.0 Å². The molecule has 0 aromatic heterocycles. The molecule has 1 rings (SSSR count). The minimum Gasteiger partial charge on any atom is -0.481 e. The molecule has 0 radical (unpaired) electrons. The second-order valence-electron chi connectivity index (χ2n) is 5.27. The van der Waals surface area contributed by atoms with Crippen LogP contribution in [0.5, 0.6) is 0 Å². The minimum absolute atomic E-state index is 0.0144. The van der Waals surface area contributed by atoms with Crippen LogP contribution >= 0.6 is 0 Å². The van der Waals surface area contributed by atoms with E-state index in [1.165, 1.54) is 0 Å². The molecule has 2 amide bonds. The summed E-state index contributed by atoms with van der Waals surface area (Å²) >= 11 is 0. The highest BCUT2D eigenvalue weighted by Crippen LogP contribution is 2.11. The molecule has 1 saturated heterocycles. The van der Waals surface area contributed by atoms with Crippen molar-refractivity contribution in [1.29, 1.82) is 0 Å². The summed E-state index contributed by atoms with van der Waals surface area (Å²) in [6.07, 6.45) is 3.25. The molecule has 0 spiro atoms. The first-order valence-electron chi connectivity index (χ1n) is 6.86. The number of carboxylic acids is 1. The SMILES string of the molecule is CC(C)C(CNC(=O)NCC1CCCCO1)C(=O)O. The smallest absolute Gasteiger partial charge is 0.314 e. The maximum absolute atomic E-state index is 11.6. The molecule has 6 heteroatoms. The summed E-state index contributed by atoms with van der Waals surface area (Å²) < 4.78 is 5.49. The van der Waals surface area contributed by atoms with E-state index in [1.54, 1.807) is 0 Å². The molecule has 0 aromatic rings. The third-order valence-corrected chi connectivity index (χ3v) is 3.37. The molecule has 0 saturated carbocycles. The van der Waals surface area contributed by atoms with Gasteiger partial charge >= 0.3 is 12.0 Å². The molecule has 1 heterocycles. The van der Waals surface area contributed by atoms with Crippen molar-refractivity contribution in [3.05, 3.63) is 0 Å². The quantitative estimate of drug-likeness (QED) is 0.678. The first-order chi connectivity index (χ1) is 9.00. The van der Waals surface area contributed by atoms with Crippen LogP contribution in [0.25, 0.3) is 0 Å². The van der Waals surface area contributed by atoms with E-state index in [1.807, 2.05) is 13.8 Å². The van der Waals surface area contributed by atoms with Crippen molar-refractivity contribution in [3.63, 3.8) is 0 Å². The summed E-state index contributed by atoms with van der Waals surface area (Å²) in [7, 11) is 0. The Kier molecular flexibility index (Phi) is 6.62. The number of rotatable bonds is 6. The predicted octanol–water partition coefficient (Wildman–Crippen LogP) is 1.21. The van der Waals surface area contributed by atoms with Gasteiger partial charge in [0.05, 0.1) is 12.0 Å². The number of nitrogens with one attached hydrogen (secondary N) is 2. The lowest BCUT2D eigenvalue weighted by atomic mass is 9.96. The first kappa shape index (κ1) is 15.8. The van der Waals surface area contributed by atoms with Gasteiger partial charge in [-0.3, -0.25) is 4.79 Å². The fourth-order valence-electron chi connectivity index (χ4n) is 2.05. The minimum atomic E-state index is -0.883. The van der Waals surface area contributed by atoms with E-state index in [-0.39, 0.29) is 24.6 Å². The van der Waals surface area contributed by atoms with Crippen LogP contribution in [0.15, 0.2) is 0 Å². The third kappa shape index (κ3) is 5.92. The van der Waals surface area contributed by atoms with E-state index in [4.69, 9.17) is 9.84 Å². The van der Waals surface area contributed by atoms with Gasteiger partial charge in [0, 0.05) is 19.7 Å². The molecule has 1 fully saturated rings. The van der Waals surface area contributed by atoms with Gasteiger partial charge in [0.1, 0.15) is 0 Å². The van der Waals surface area contributed by atoms with E-state index < -0.39 is 11.9 Å². The maximum Gasteiger partial charge on any atom is 0.314 e. The number of carboxylic acid groups (broad SMARTS) is 1. The van der Waals surface area contributed by atoms with Gasteiger partial charge in [-0.05, 0) is 25.2 Å². The average Bonchev–Trinajstić information content (AvgIpc) is 2.37. The highest BCUT2D eigenvalue weighted by Gasteiger charge is 2.22. The van der Waals surface area contributed by atoms with Gasteiger partial charge in [0.2, 0.25) is 0 Å². The highest BCUT2D eigenvalue weighted by molar-refractivity contribution is 5.75. The van der Waals surface area contributed by atoms with Gasteiger partial charge in [-0.15, -0.1) is 0 Å². The summed E-state index contributed by atoms with van der Waals surface area (Å²) in [6.45, 7) is 5.03. The Bertz CT molecular complexity index is 301. The molecule has 2 atom stereocenters. The van der Waals surface area contributed by atoms with Crippen molar-refractivity contribution in [1.82, 2.24) is 10.6 Å². The predicted molar refractivity (Wildman–Crippen MR) is 71.0 cm³/mol. The number of carbonyl (C=O) groups excluding carboxylic acids is 1. The standard InChI is InChI=1S/C13H24N2O4/c1-9(2)11(12(16)17)8-15-13(18)14-7-10-5-3-4-6-19-10/h9-11H,3-8H2,1-2H3,(H,16,17)(H2,14,15,18). The zero-order chi connectivity index (χ0) is 14.3. The van der Waals surface area contributed by atoms with Gasteiger partial charge in [0.15, 0.2) is 0 Å². The lowest BCUT2D eigenvalue weighted by Crippen LogP contribution is -2.44. The summed E-state index contributed by atoms with van der Waals surface area (Å²) in [6, 6.07) is -0.332. The molecule has 1 aliphatic rings. The van der Waals surface area contributed by atoms with E-state index in [0.29, 0.717) is 6.54 Å². The zero-order valence-corrected chi connectivity index (χ0v) is 11.6. The van der Waals surface area contributed by atoms with Crippen LogP contribution in [-0.4, -0.2) is 42.9 Å². The fraction of sp³-hybridized carbons (Fsp3) is 0.846. The Morgan fingerprint density at radius 3 is 2.58 bits per heavy atom. The topological polar surface area (TPSA) is 87.7 Å². The second-order valence-corrected chi connectivity index (χ2v) is 5.27. The van der Waals surface area contributed by atoms with Crippen molar-refractivity contribution in [2.24, 2.45) is 11.8 Å². The van der Waals surface area contributed by atoms with E-state index >= 15 is 0 Å². The van der Waals surface area contributed by atoms with Gasteiger partial charge < -0.3 is 20.5 Å². The molecule has 19 heavy (non-hydrogen) atoms.